The predicted molar refractivity (Wildman–Crippen MR) is 62.6 cm³/mol. The van der Waals surface area contributed by atoms with Crippen molar-refractivity contribution in [1.29, 1.82) is 0 Å². The number of rotatable bonds is 4. The zero-order valence-electron chi connectivity index (χ0n) is 9.29. The number of hydrogen-bond acceptors (Lipinski definition) is 6. The van der Waals surface area contributed by atoms with Crippen molar-refractivity contribution in [2.75, 3.05) is 6.61 Å². The number of nitro benzene ring substituents is 1. The summed E-state index contributed by atoms with van der Waals surface area (Å²) in [6.45, 7) is 2.09. The number of ether oxygens (including phenoxy) is 1. The third-order valence-corrected chi connectivity index (χ3v) is 2.26. The van der Waals surface area contributed by atoms with Crippen LogP contribution in [0.15, 0.2) is 22.6 Å². The molecule has 0 spiro atoms. The van der Waals surface area contributed by atoms with Gasteiger partial charge in [-0.05, 0) is 30.7 Å². The van der Waals surface area contributed by atoms with E-state index in [0.29, 0.717) is 12.2 Å². The third kappa shape index (κ3) is 2.40. The van der Waals surface area contributed by atoms with Crippen molar-refractivity contribution >= 4 is 17.3 Å². The van der Waals surface area contributed by atoms with Gasteiger partial charge in [0.15, 0.2) is 5.75 Å². The molecular weight excluding hydrogens is 262 g/mol. The lowest BCUT2D eigenvalue weighted by molar-refractivity contribution is -0.385. The van der Waals surface area contributed by atoms with E-state index < -0.39 is 4.92 Å². The number of nitro groups is 1. The summed E-state index contributed by atoms with van der Waals surface area (Å²) in [7, 11) is 0. The number of hydrogen-bond donors (Lipinski definition) is 0. The van der Waals surface area contributed by atoms with E-state index in [1.807, 2.05) is 0 Å². The Morgan fingerprint density at radius 3 is 2.83 bits per heavy atom. The van der Waals surface area contributed by atoms with Crippen molar-refractivity contribution in [3.8, 4) is 17.2 Å². The average Bonchev–Trinajstić information content (AvgIpc) is 2.76. The van der Waals surface area contributed by atoms with Crippen LogP contribution in [0, 0.1) is 10.1 Å². The molecule has 0 aliphatic carbocycles. The molecule has 0 atom stereocenters. The van der Waals surface area contributed by atoms with Gasteiger partial charge in [0, 0.05) is 11.6 Å². The fourth-order valence-corrected chi connectivity index (χ4v) is 1.50. The van der Waals surface area contributed by atoms with Gasteiger partial charge >= 0.3 is 11.0 Å². The second-order valence-corrected chi connectivity index (χ2v) is 3.56. The van der Waals surface area contributed by atoms with Crippen molar-refractivity contribution in [1.82, 2.24) is 10.2 Å². The minimum absolute atomic E-state index is 0.117. The Balaban J connectivity index is 2.46. The largest absolute Gasteiger partial charge is 0.487 e. The van der Waals surface area contributed by atoms with E-state index in [4.69, 9.17) is 20.8 Å². The first-order chi connectivity index (χ1) is 8.61. The van der Waals surface area contributed by atoms with Crippen LogP contribution in [-0.4, -0.2) is 21.7 Å². The van der Waals surface area contributed by atoms with E-state index in [-0.39, 0.29) is 22.7 Å². The molecule has 1 heterocycles. The minimum Gasteiger partial charge on any atom is -0.487 e. The van der Waals surface area contributed by atoms with Crippen LogP contribution in [0.1, 0.15) is 6.92 Å². The molecule has 0 saturated heterocycles. The number of halogens is 1. The summed E-state index contributed by atoms with van der Waals surface area (Å²) >= 11 is 5.49. The SMILES string of the molecule is CCOc1ccc(-c2nnc(Cl)o2)cc1[N+](=O)[O-]. The Bertz CT molecular complexity index is 584. The first-order valence-electron chi connectivity index (χ1n) is 5.02. The summed E-state index contributed by atoms with van der Waals surface area (Å²) in [6.07, 6.45) is 0. The lowest BCUT2D eigenvalue weighted by atomic mass is 10.2. The molecule has 0 saturated carbocycles. The molecule has 0 radical (unpaired) electrons. The van der Waals surface area contributed by atoms with Crippen LogP contribution in [-0.2, 0) is 0 Å². The molecule has 0 fully saturated rings. The normalized spacial score (nSPS) is 10.3. The van der Waals surface area contributed by atoms with Gasteiger partial charge in [-0.25, -0.2) is 0 Å². The molecule has 1 aromatic heterocycles. The van der Waals surface area contributed by atoms with E-state index in [1.165, 1.54) is 12.1 Å². The first-order valence-corrected chi connectivity index (χ1v) is 5.40. The van der Waals surface area contributed by atoms with E-state index in [9.17, 15) is 10.1 Å². The Morgan fingerprint density at radius 1 is 1.50 bits per heavy atom. The van der Waals surface area contributed by atoms with Crippen LogP contribution in [0.25, 0.3) is 11.5 Å². The van der Waals surface area contributed by atoms with Crippen molar-refractivity contribution < 1.29 is 14.1 Å². The standard InChI is InChI=1S/C10H8ClN3O4/c1-2-17-8-4-3-6(5-7(8)14(15)16)9-12-13-10(11)18-9/h3-5H,2H2,1H3. The van der Waals surface area contributed by atoms with E-state index >= 15 is 0 Å². The van der Waals surface area contributed by atoms with Gasteiger partial charge in [-0.1, -0.05) is 5.10 Å². The molecule has 18 heavy (non-hydrogen) atoms. The number of nitrogens with zero attached hydrogens (tertiary/aromatic N) is 3. The second kappa shape index (κ2) is 5.01. The zero-order valence-corrected chi connectivity index (χ0v) is 10.0. The van der Waals surface area contributed by atoms with Crippen LogP contribution >= 0.6 is 11.6 Å². The van der Waals surface area contributed by atoms with Gasteiger partial charge in [-0.2, -0.15) is 0 Å². The van der Waals surface area contributed by atoms with Crippen molar-refractivity contribution in [3.63, 3.8) is 0 Å². The quantitative estimate of drug-likeness (QED) is 0.626. The summed E-state index contributed by atoms with van der Waals surface area (Å²) in [5, 5.41) is 17.9. The fraction of sp³-hybridized carbons (Fsp3) is 0.200. The van der Waals surface area contributed by atoms with Crippen LogP contribution in [0.5, 0.6) is 5.75 Å². The Labute approximate surface area is 106 Å². The molecule has 0 unspecified atom stereocenters. The van der Waals surface area contributed by atoms with Crippen LogP contribution in [0.2, 0.25) is 5.35 Å². The maximum atomic E-state index is 10.9. The van der Waals surface area contributed by atoms with Gasteiger partial charge in [-0.3, -0.25) is 10.1 Å². The van der Waals surface area contributed by atoms with Crippen LogP contribution in [0.3, 0.4) is 0 Å². The Kier molecular flexibility index (Phi) is 3.42. The van der Waals surface area contributed by atoms with Crippen LogP contribution in [0.4, 0.5) is 5.69 Å². The van der Waals surface area contributed by atoms with Crippen molar-refractivity contribution in [3.05, 3.63) is 33.7 Å². The lowest BCUT2D eigenvalue weighted by Gasteiger charge is -2.04. The molecule has 0 bridgehead atoms. The summed E-state index contributed by atoms with van der Waals surface area (Å²) in [5.41, 5.74) is 0.244. The molecule has 0 N–H and O–H groups in total. The Morgan fingerprint density at radius 2 is 2.28 bits per heavy atom. The smallest absolute Gasteiger partial charge is 0.313 e. The molecule has 2 rings (SSSR count). The molecule has 0 aliphatic heterocycles. The summed E-state index contributed by atoms with van der Waals surface area (Å²) in [5.74, 6) is 0.308. The van der Waals surface area contributed by atoms with E-state index in [2.05, 4.69) is 10.2 Å². The van der Waals surface area contributed by atoms with Crippen LogP contribution < -0.4 is 4.74 Å². The van der Waals surface area contributed by atoms with Crippen molar-refractivity contribution in [2.45, 2.75) is 6.92 Å². The highest BCUT2D eigenvalue weighted by Crippen LogP contribution is 2.32. The minimum atomic E-state index is -0.535. The van der Waals surface area contributed by atoms with Crippen molar-refractivity contribution in [2.24, 2.45) is 0 Å². The molecule has 2 aromatic rings. The molecular formula is C10H8ClN3O4. The van der Waals surface area contributed by atoms with Gasteiger partial charge in [-0.15, -0.1) is 5.10 Å². The van der Waals surface area contributed by atoms with Gasteiger partial charge in [0.25, 0.3) is 0 Å². The summed E-state index contributed by atoms with van der Waals surface area (Å²) in [6, 6.07) is 4.37. The van der Waals surface area contributed by atoms with E-state index in [0.717, 1.165) is 0 Å². The molecule has 94 valence electrons. The third-order valence-electron chi connectivity index (χ3n) is 2.10. The number of benzene rings is 1. The molecule has 8 heteroatoms. The first kappa shape index (κ1) is 12.3. The second-order valence-electron chi connectivity index (χ2n) is 3.23. The fourth-order valence-electron chi connectivity index (χ4n) is 1.39. The molecule has 7 nitrogen and oxygen atoms in total. The van der Waals surface area contributed by atoms with E-state index in [1.54, 1.807) is 13.0 Å². The highest BCUT2D eigenvalue weighted by Gasteiger charge is 2.18. The summed E-state index contributed by atoms with van der Waals surface area (Å²) in [4.78, 5) is 10.4. The molecule has 0 amide bonds. The van der Waals surface area contributed by atoms with Gasteiger partial charge in [0.05, 0.1) is 11.5 Å². The highest BCUT2D eigenvalue weighted by molar-refractivity contribution is 6.27. The lowest BCUT2D eigenvalue weighted by Crippen LogP contribution is -1.97. The topological polar surface area (TPSA) is 91.3 Å². The van der Waals surface area contributed by atoms with Gasteiger partial charge in [0.2, 0.25) is 5.89 Å². The highest BCUT2D eigenvalue weighted by atomic mass is 35.5. The Hall–Kier alpha value is -2.15. The maximum absolute atomic E-state index is 10.9. The monoisotopic (exact) mass is 269 g/mol. The molecule has 1 aromatic carbocycles. The summed E-state index contributed by atoms with van der Waals surface area (Å²) < 4.78 is 10.1. The molecule has 0 aliphatic rings. The predicted octanol–water partition coefficient (Wildman–Crippen LogP) is 2.70. The number of aromatic nitrogens is 2. The van der Waals surface area contributed by atoms with Gasteiger partial charge in [0.1, 0.15) is 0 Å². The maximum Gasteiger partial charge on any atom is 0.313 e. The zero-order chi connectivity index (χ0) is 13.1. The average molecular weight is 270 g/mol. The van der Waals surface area contributed by atoms with Gasteiger partial charge < -0.3 is 9.15 Å².